The van der Waals surface area contributed by atoms with Crippen molar-refractivity contribution >= 4 is 17.3 Å². The van der Waals surface area contributed by atoms with E-state index in [9.17, 15) is 25.0 Å². The zero-order valence-electron chi connectivity index (χ0n) is 12.5. The van der Waals surface area contributed by atoms with Crippen molar-refractivity contribution in [2.75, 3.05) is 7.11 Å². The summed E-state index contributed by atoms with van der Waals surface area (Å²) in [6.07, 6.45) is -0.358. The molecule has 0 radical (unpaired) electrons. The van der Waals surface area contributed by atoms with Gasteiger partial charge in [0.05, 0.1) is 29.4 Å². The summed E-state index contributed by atoms with van der Waals surface area (Å²) in [6.45, 7) is 0. The third-order valence-corrected chi connectivity index (χ3v) is 3.10. The van der Waals surface area contributed by atoms with E-state index in [2.05, 4.69) is 0 Å². The highest BCUT2D eigenvalue weighted by Crippen LogP contribution is 2.31. The number of hydrogen-bond acceptors (Lipinski definition) is 7. The molecule has 0 aliphatic heterocycles. The minimum Gasteiger partial charge on any atom is -0.493 e. The van der Waals surface area contributed by atoms with Crippen molar-refractivity contribution in [3.8, 4) is 11.5 Å². The molecular weight excluding hydrogens is 320 g/mol. The second-order valence-corrected chi connectivity index (χ2v) is 4.63. The van der Waals surface area contributed by atoms with Crippen LogP contribution in [0.3, 0.4) is 0 Å². The Kier molecular flexibility index (Phi) is 5.05. The van der Waals surface area contributed by atoms with Gasteiger partial charge in [0.1, 0.15) is 0 Å². The number of nitrogens with zero attached hydrogens (tertiary/aromatic N) is 2. The van der Waals surface area contributed by atoms with Gasteiger partial charge in [-0.25, -0.2) is 0 Å². The number of methoxy groups -OCH3 is 1. The first-order valence-corrected chi connectivity index (χ1v) is 6.67. The van der Waals surface area contributed by atoms with Crippen molar-refractivity contribution in [1.82, 2.24) is 0 Å². The SMILES string of the molecule is COc1ccc([N+](=O)[O-])cc1OC(=O)Cc1ccccc1[N+](=O)[O-]. The van der Waals surface area contributed by atoms with Crippen LogP contribution in [0.25, 0.3) is 0 Å². The van der Waals surface area contributed by atoms with Crippen LogP contribution in [0.15, 0.2) is 42.5 Å². The molecule has 0 amide bonds. The van der Waals surface area contributed by atoms with Gasteiger partial charge >= 0.3 is 5.97 Å². The molecule has 24 heavy (non-hydrogen) atoms. The number of carbonyl (C=O) groups is 1. The highest BCUT2D eigenvalue weighted by Gasteiger charge is 2.19. The standard InChI is InChI=1S/C15H12N2O7/c1-23-13-7-6-11(16(19)20)9-14(13)24-15(18)8-10-4-2-3-5-12(10)17(21)22/h2-7,9H,8H2,1H3. The van der Waals surface area contributed by atoms with E-state index in [1.807, 2.05) is 0 Å². The van der Waals surface area contributed by atoms with Crippen molar-refractivity contribution in [3.63, 3.8) is 0 Å². The van der Waals surface area contributed by atoms with Gasteiger partial charge in [-0.1, -0.05) is 18.2 Å². The first kappa shape index (κ1) is 16.9. The molecule has 2 aromatic carbocycles. The van der Waals surface area contributed by atoms with E-state index in [1.54, 1.807) is 6.07 Å². The zero-order chi connectivity index (χ0) is 17.7. The number of esters is 1. The Morgan fingerprint density at radius 2 is 1.75 bits per heavy atom. The quantitative estimate of drug-likeness (QED) is 0.345. The summed E-state index contributed by atoms with van der Waals surface area (Å²) in [5.41, 5.74) is -0.304. The van der Waals surface area contributed by atoms with Gasteiger partial charge in [0, 0.05) is 17.7 Å². The Morgan fingerprint density at radius 3 is 2.38 bits per heavy atom. The van der Waals surface area contributed by atoms with Crippen LogP contribution in [-0.2, 0) is 11.2 Å². The fourth-order valence-corrected chi connectivity index (χ4v) is 2.01. The molecule has 2 aromatic rings. The second-order valence-electron chi connectivity index (χ2n) is 4.63. The monoisotopic (exact) mass is 332 g/mol. The number of rotatable bonds is 6. The van der Waals surface area contributed by atoms with Crippen molar-refractivity contribution in [1.29, 1.82) is 0 Å². The summed E-state index contributed by atoms with van der Waals surface area (Å²) in [4.78, 5) is 32.5. The van der Waals surface area contributed by atoms with Crippen LogP contribution in [0.2, 0.25) is 0 Å². The van der Waals surface area contributed by atoms with Gasteiger partial charge in [0.25, 0.3) is 11.4 Å². The van der Waals surface area contributed by atoms with E-state index in [4.69, 9.17) is 9.47 Å². The summed E-state index contributed by atoms with van der Waals surface area (Å²) in [5, 5.41) is 21.7. The maximum Gasteiger partial charge on any atom is 0.316 e. The Hall–Kier alpha value is -3.49. The molecule has 0 unspecified atom stereocenters. The number of nitro groups is 2. The van der Waals surface area contributed by atoms with Crippen molar-refractivity contribution in [2.24, 2.45) is 0 Å². The van der Waals surface area contributed by atoms with Gasteiger partial charge in [-0.05, 0) is 6.07 Å². The molecule has 0 heterocycles. The Morgan fingerprint density at radius 1 is 1.04 bits per heavy atom. The van der Waals surface area contributed by atoms with Gasteiger partial charge in [-0.2, -0.15) is 0 Å². The smallest absolute Gasteiger partial charge is 0.316 e. The molecule has 0 saturated carbocycles. The van der Waals surface area contributed by atoms with Gasteiger partial charge in [0.2, 0.25) is 0 Å². The largest absolute Gasteiger partial charge is 0.493 e. The predicted molar refractivity (Wildman–Crippen MR) is 82.1 cm³/mol. The molecule has 0 atom stereocenters. The van der Waals surface area contributed by atoms with Crippen LogP contribution in [0.1, 0.15) is 5.56 Å². The second kappa shape index (κ2) is 7.18. The van der Waals surface area contributed by atoms with Crippen LogP contribution >= 0.6 is 0 Å². The zero-order valence-corrected chi connectivity index (χ0v) is 12.5. The fourth-order valence-electron chi connectivity index (χ4n) is 2.01. The topological polar surface area (TPSA) is 122 Å². The van der Waals surface area contributed by atoms with Crippen molar-refractivity contribution in [2.45, 2.75) is 6.42 Å². The highest BCUT2D eigenvalue weighted by atomic mass is 16.6. The molecule has 0 N–H and O–H groups in total. The molecular formula is C15H12N2O7. The number of non-ortho nitro benzene ring substituents is 1. The van der Waals surface area contributed by atoms with E-state index in [0.717, 1.165) is 6.07 Å². The molecule has 9 nitrogen and oxygen atoms in total. The molecule has 0 saturated heterocycles. The van der Waals surface area contributed by atoms with Crippen LogP contribution in [0, 0.1) is 20.2 Å². The third-order valence-electron chi connectivity index (χ3n) is 3.10. The number of carbonyl (C=O) groups excluding carboxylic acids is 1. The van der Waals surface area contributed by atoms with E-state index in [-0.39, 0.29) is 34.9 Å². The predicted octanol–water partition coefficient (Wildman–Crippen LogP) is 2.66. The van der Waals surface area contributed by atoms with Gasteiger partial charge in [-0.3, -0.25) is 25.0 Å². The number of nitro benzene ring substituents is 2. The van der Waals surface area contributed by atoms with Gasteiger partial charge < -0.3 is 9.47 Å². The Bertz CT molecular complexity index is 804. The molecule has 0 aromatic heterocycles. The molecule has 2 rings (SSSR count). The average Bonchev–Trinajstić information content (AvgIpc) is 2.54. The van der Waals surface area contributed by atoms with Crippen molar-refractivity contribution < 1.29 is 24.1 Å². The molecule has 9 heteroatoms. The van der Waals surface area contributed by atoms with Gasteiger partial charge in [0.15, 0.2) is 11.5 Å². The van der Waals surface area contributed by atoms with Crippen LogP contribution in [-0.4, -0.2) is 22.9 Å². The Balaban J connectivity index is 2.23. The van der Waals surface area contributed by atoms with Gasteiger partial charge in [-0.15, -0.1) is 0 Å². The maximum atomic E-state index is 12.0. The summed E-state index contributed by atoms with van der Waals surface area (Å²) in [5.74, 6) is -0.796. The number of para-hydroxylation sites is 1. The van der Waals surface area contributed by atoms with Crippen LogP contribution < -0.4 is 9.47 Å². The van der Waals surface area contributed by atoms with E-state index in [0.29, 0.717) is 0 Å². The lowest BCUT2D eigenvalue weighted by molar-refractivity contribution is -0.385. The Labute approximate surface area is 135 Å². The molecule has 0 aliphatic rings. The lowest BCUT2D eigenvalue weighted by Gasteiger charge is -2.09. The maximum absolute atomic E-state index is 12.0. The molecule has 124 valence electrons. The third kappa shape index (κ3) is 3.83. The number of hydrogen-bond donors (Lipinski definition) is 0. The normalized spacial score (nSPS) is 10.0. The molecule has 0 aliphatic carbocycles. The van der Waals surface area contributed by atoms with E-state index in [1.165, 1.54) is 37.4 Å². The molecule has 0 fully saturated rings. The lowest BCUT2D eigenvalue weighted by Crippen LogP contribution is -2.13. The summed E-state index contributed by atoms with van der Waals surface area (Å²) in [6, 6.07) is 9.31. The van der Waals surface area contributed by atoms with E-state index >= 15 is 0 Å². The van der Waals surface area contributed by atoms with Crippen molar-refractivity contribution in [3.05, 3.63) is 68.3 Å². The van der Waals surface area contributed by atoms with E-state index < -0.39 is 15.8 Å². The van der Waals surface area contributed by atoms with Crippen LogP contribution in [0.4, 0.5) is 11.4 Å². The molecule has 0 spiro atoms. The number of ether oxygens (including phenoxy) is 2. The minimum absolute atomic E-state index is 0.129. The molecule has 0 bridgehead atoms. The number of benzene rings is 2. The lowest BCUT2D eigenvalue weighted by atomic mass is 10.1. The highest BCUT2D eigenvalue weighted by molar-refractivity contribution is 5.77. The minimum atomic E-state index is -0.803. The summed E-state index contributed by atoms with van der Waals surface area (Å²) >= 11 is 0. The first-order chi connectivity index (χ1) is 11.4. The summed E-state index contributed by atoms with van der Waals surface area (Å²) in [7, 11) is 1.32. The van der Waals surface area contributed by atoms with Crippen LogP contribution in [0.5, 0.6) is 11.5 Å². The fraction of sp³-hybridized carbons (Fsp3) is 0.133. The first-order valence-electron chi connectivity index (χ1n) is 6.67. The average molecular weight is 332 g/mol. The summed E-state index contributed by atoms with van der Waals surface area (Å²) < 4.78 is 10.1.